The van der Waals surface area contributed by atoms with E-state index in [-0.39, 0.29) is 18.4 Å². The number of nitrogens with one attached hydrogen (secondary N) is 1. The van der Waals surface area contributed by atoms with Crippen molar-refractivity contribution < 1.29 is 14.2 Å². The van der Waals surface area contributed by atoms with E-state index >= 15 is 0 Å². The van der Waals surface area contributed by atoms with Crippen molar-refractivity contribution in [2.24, 2.45) is 5.11 Å². The van der Waals surface area contributed by atoms with Gasteiger partial charge in [0, 0.05) is 6.42 Å². The predicted octanol–water partition coefficient (Wildman–Crippen LogP) is 0.803. The summed E-state index contributed by atoms with van der Waals surface area (Å²) in [5, 5.41) is 3.80. The molecule has 0 amide bonds. The van der Waals surface area contributed by atoms with Crippen molar-refractivity contribution in [3.05, 3.63) is 0 Å². The molecule has 0 radical (unpaired) electrons. The van der Waals surface area contributed by atoms with Crippen molar-refractivity contribution in [2.45, 2.75) is 44.5 Å². The fourth-order valence-electron chi connectivity index (χ4n) is 1.81. The molecule has 2 heterocycles. The van der Waals surface area contributed by atoms with E-state index in [2.05, 4.69) is 10.0 Å². The van der Waals surface area contributed by atoms with Crippen LogP contribution in [0.15, 0.2) is 5.11 Å². The summed E-state index contributed by atoms with van der Waals surface area (Å²) >= 11 is 0. The Morgan fingerprint density at radius 3 is 2.93 bits per heavy atom. The first kappa shape index (κ1) is 9.73. The first-order valence-corrected chi connectivity index (χ1v) is 4.66. The molecule has 2 saturated heterocycles. The summed E-state index contributed by atoms with van der Waals surface area (Å²) < 4.78 is 16.6. The zero-order chi connectivity index (χ0) is 10.2. The second kappa shape index (κ2) is 3.40. The number of hydrogen-bond donors (Lipinski definition) is 1. The molecular formula is C8H14N3O3+. The van der Waals surface area contributed by atoms with Crippen molar-refractivity contribution in [3.63, 3.8) is 0 Å². The molecule has 6 heteroatoms. The summed E-state index contributed by atoms with van der Waals surface area (Å²) in [5.74, 6) is -0.629. The lowest BCUT2D eigenvalue weighted by Gasteiger charge is -2.24. The number of rotatable bonds is 1. The van der Waals surface area contributed by atoms with Gasteiger partial charge in [0.1, 0.15) is 16.7 Å². The Balaban J connectivity index is 2.14. The molecule has 0 spiro atoms. The molecule has 3 atom stereocenters. The highest BCUT2D eigenvalue weighted by molar-refractivity contribution is 4.88. The minimum atomic E-state index is -0.629. The normalized spacial score (nSPS) is 40.0. The van der Waals surface area contributed by atoms with Gasteiger partial charge in [-0.3, -0.25) is 0 Å². The molecule has 0 aromatic carbocycles. The SMILES string of the molecule is CC1(C)OC2OCCC(N=[N+]=N)C2O1. The second-order valence-electron chi connectivity index (χ2n) is 3.91. The van der Waals surface area contributed by atoms with Gasteiger partial charge in [-0.05, 0) is 13.8 Å². The van der Waals surface area contributed by atoms with Gasteiger partial charge < -0.3 is 14.2 Å². The van der Waals surface area contributed by atoms with Crippen molar-refractivity contribution in [1.29, 1.82) is 5.53 Å². The largest absolute Gasteiger partial charge is 0.350 e. The van der Waals surface area contributed by atoms with E-state index < -0.39 is 5.79 Å². The highest BCUT2D eigenvalue weighted by Gasteiger charge is 2.49. The van der Waals surface area contributed by atoms with Crippen LogP contribution < -0.4 is 4.91 Å². The van der Waals surface area contributed by atoms with E-state index in [9.17, 15) is 0 Å². The van der Waals surface area contributed by atoms with Crippen LogP contribution in [0.25, 0.3) is 0 Å². The van der Waals surface area contributed by atoms with E-state index in [0.717, 1.165) is 6.42 Å². The number of nitrogens with zero attached hydrogens (tertiary/aromatic N) is 2. The lowest BCUT2D eigenvalue weighted by molar-refractivity contribution is -0.191. The van der Waals surface area contributed by atoms with Gasteiger partial charge in [-0.25, -0.2) is 0 Å². The monoisotopic (exact) mass is 200 g/mol. The Labute approximate surface area is 81.8 Å². The van der Waals surface area contributed by atoms with E-state index in [4.69, 9.17) is 19.7 Å². The molecule has 78 valence electrons. The molecule has 1 N–H and O–H groups in total. The van der Waals surface area contributed by atoms with Crippen LogP contribution >= 0.6 is 0 Å². The van der Waals surface area contributed by atoms with Crippen molar-refractivity contribution in [1.82, 2.24) is 4.91 Å². The van der Waals surface area contributed by atoms with Crippen LogP contribution in [0.3, 0.4) is 0 Å². The van der Waals surface area contributed by atoms with E-state index in [1.54, 1.807) is 0 Å². The van der Waals surface area contributed by atoms with Crippen LogP contribution in [0.1, 0.15) is 20.3 Å². The molecule has 0 aliphatic carbocycles. The Hall–Kier alpha value is -0.810. The van der Waals surface area contributed by atoms with Crippen molar-refractivity contribution in [3.8, 4) is 0 Å². The van der Waals surface area contributed by atoms with Gasteiger partial charge in [-0.1, -0.05) is 0 Å². The fraction of sp³-hybridized carbons (Fsp3) is 1.00. The third kappa shape index (κ3) is 1.69. The van der Waals surface area contributed by atoms with Crippen molar-refractivity contribution in [2.75, 3.05) is 6.61 Å². The number of ether oxygens (including phenoxy) is 3. The smallest absolute Gasteiger partial charge is 0.214 e. The third-order valence-corrected chi connectivity index (χ3v) is 2.37. The van der Waals surface area contributed by atoms with Gasteiger partial charge in [-0.15, -0.1) is 0 Å². The fourth-order valence-corrected chi connectivity index (χ4v) is 1.81. The molecule has 0 saturated carbocycles. The molecule has 2 aliphatic rings. The molecule has 0 bridgehead atoms. The zero-order valence-corrected chi connectivity index (χ0v) is 8.27. The maximum absolute atomic E-state index is 6.71. The summed E-state index contributed by atoms with van der Waals surface area (Å²) in [5.41, 5.74) is 6.71. The highest BCUT2D eigenvalue weighted by atomic mass is 16.8. The first-order chi connectivity index (χ1) is 6.62. The Bertz CT molecular complexity index is 275. The summed E-state index contributed by atoms with van der Waals surface area (Å²) in [4.78, 5) is 3.05. The number of hydrogen-bond acceptors (Lipinski definition) is 5. The minimum Gasteiger partial charge on any atom is -0.350 e. The number of fused-ring (bicyclic) bond motifs is 1. The average molecular weight is 200 g/mol. The highest BCUT2D eigenvalue weighted by Crippen LogP contribution is 2.34. The minimum absolute atomic E-state index is 0.118. The Kier molecular flexibility index (Phi) is 2.36. The Morgan fingerprint density at radius 1 is 1.43 bits per heavy atom. The molecule has 0 aromatic rings. The second-order valence-corrected chi connectivity index (χ2v) is 3.91. The van der Waals surface area contributed by atoms with Crippen LogP contribution in [0.5, 0.6) is 0 Å². The van der Waals surface area contributed by atoms with E-state index in [0.29, 0.717) is 6.61 Å². The van der Waals surface area contributed by atoms with Crippen LogP contribution in [-0.4, -0.2) is 30.8 Å². The van der Waals surface area contributed by atoms with Gasteiger partial charge in [0.2, 0.25) is 4.91 Å². The van der Waals surface area contributed by atoms with Gasteiger partial charge in [0.05, 0.1) is 6.61 Å². The maximum Gasteiger partial charge on any atom is 0.214 e. The lowest BCUT2D eigenvalue weighted by Crippen LogP contribution is -2.41. The van der Waals surface area contributed by atoms with Gasteiger partial charge in [-0.2, -0.15) is 0 Å². The van der Waals surface area contributed by atoms with E-state index in [1.165, 1.54) is 0 Å². The van der Waals surface area contributed by atoms with Crippen LogP contribution in [0.4, 0.5) is 0 Å². The van der Waals surface area contributed by atoms with Gasteiger partial charge >= 0.3 is 0 Å². The summed E-state index contributed by atoms with van der Waals surface area (Å²) in [6.45, 7) is 4.25. The van der Waals surface area contributed by atoms with Crippen LogP contribution in [0.2, 0.25) is 0 Å². The van der Waals surface area contributed by atoms with Crippen LogP contribution in [-0.2, 0) is 14.2 Å². The quantitative estimate of drug-likeness (QED) is 0.502. The molecule has 3 unspecified atom stereocenters. The standard InChI is InChI=1S/C8H14N3O3/c1-8(2)13-6-5(10-11-9)3-4-12-7(6)14-8/h5-7,9H,3-4H2,1-2H3/q+1. The third-order valence-electron chi connectivity index (χ3n) is 2.37. The van der Waals surface area contributed by atoms with Gasteiger partial charge in [0.15, 0.2) is 18.1 Å². The van der Waals surface area contributed by atoms with E-state index in [1.807, 2.05) is 13.8 Å². The zero-order valence-electron chi connectivity index (χ0n) is 8.27. The summed E-state index contributed by atoms with van der Waals surface area (Å²) in [6.07, 6.45) is 0.130. The van der Waals surface area contributed by atoms with Crippen LogP contribution in [0, 0.1) is 5.53 Å². The van der Waals surface area contributed by atoms with Crippen molar-refractivity contribution >= 4 is 0 Å². The molecular weight excluding hydrogens is 186 g/mol. The average Bonchev–Trinajstić information content (AvgIpc) is 2.41. The molecule has 14 heavy (non-hydrogen) atoms. The van der Waals surface area contributed by atoms with Gasteiger partial charge in [0.25, 0.3) is 0 Å². The Morgan fingerprint density at radius 2 is 2.21 bits per heavy atom. The first-order valence-electron chi connectivity index (χ1n) is 4.66. The molecule has 2 fully saturated rings. The molecule has 2 rings (SSSR count). The summed E-state index contributed by atoms with van der Waals surface area (Å²) in [6, 6.07) is -0.118. The topological polar surface area (TPSA) is 78.0 Å². The lowest BCUT2D eigenvalue weighted by atomic mass is 10.1. The predicted molar refractivity (Wildman–Crippen MR) is 45.5 cm³/mol. The molecule has 6 nitrogen and oxygen atoms in total. The summed E-state index contributed by atoms with van der Waals surface area (Å²) in [7, 11) is 0. The molecule has 0 aromatic heterocycles. The molecule has 2 aliphatic heterocycles. The maximum atomic E-state index is 6.71.